The van der Waals surface area contributed by atoms with Crippen molar-refractivity contribution in [1.29, 1.82) is 0 Å². The zero-order valence-electron chi connectivity index (χ0n) is 14.5. The lowest BCUT2D eigenvalue weighted by atomic mass is 9.99. The molecule has 0 amide bonds. The van der Waals surface area contributed by atoms with Gasteiger partial charge in [-0.1, -0.05) is 23.5 Å². The minimum absolute atomic E-state index is 0.0129. The van der Waals surface area contributed by atoms with Crippen LogP contribution in [-0.4, -0.2) is 59.0 Å². The maximum absolute atomic E-state index is 11.9. The third-order valence-electron chi connectivity index (χ3n) is 4.57. The fourth-order valence-corrected chi connectivity index (χ4v) is 5.06. The molecule has 1 aliphatic rings. The van der Waals surface area contributed by atoms with Gasteiger partial charge in [0, 0.05) is 19.0 Å². The number of benzene rings is 1. The van der Waals surface area contributed by atoms with E-state index >= 15 is 0 Å². The number of sulfonamides is 1. The highest BCUT2D eigenvalue weighted by molar-refractivity contribution is 7.88. The Morgan fingerprint density at radius 3 is 2.85 bits per heavy atom. The second-order valence-corrected chi connectivity index (χ2v) is 9.26. The van der Waals surface area contributed by atoms with Gasteiger partial charge in [0.15, 0.2) is 10.8 Å². The minimum Gasteiger partial charge on any atom is -0.496 e. The molecule has 8 nitrogen and oxygen atoms in total. The highest BCUT2D eigenvalue weighted by Crippen LogP contribution is 2.34. The Kier molecular flexibility index (Phi) is 4.41. The smallest absolute Gasteiger partial charge is 0.234 e. The zero-order valence-corrected chi connectivity index (χ0v) is 16.1. The van der Waals surface area contributed by atoms with Crippen LogP contribution in [0.3, 0.4) is 0 Å². The summed E-state index contributed by atoms with van der Waals surface area (Å²) in [6.07, 6.45) is 2.92. The summed E-state index contributed by atoms with van der Waals surface area (Å²) >= 11 is 1.44. The van der Waals surface area contributed by atoms with Crippen LogP contribution in [0.15, 0.2) is 24.3 Å². The summed E-state index contributed by atoms with van der Waals surface area (Å²) < 4.78 is 32.4. The summed E-state index contributed by atoms with van der Waals surface area (Å²) in [5.74, 6) is 1.45. The Morgan fingerprint density at radius 2 is 2.08 bits per heavy atom. The first kappa shape index (κ1) is 17.4. The number of hydrogen-bond donors (Lipinski definition) is 0. The molecule has 4 rings (SSSR count). The quantitative estimate of drug-likeness (QED) is 0.673. The largest absolute Gasteiger partial charge is 0.496 e. The molecule has 26 heavy (non-hydrogen) atoms. The predicted octanol–water partition coefficient (Wildman–Crippen LogP) is 2.00. The summed E-state index contributed by atoms with van der Waals surface area (Å²) in [6.45, 7) is 0.974. The number of para-hydroxylation sites is 1. The molecule has 0 bridgehead atoms. The summed E-state index contributed by atoms with van der Waals surface area (Å²) in [5.41, 5.74) is 0.901. The average molecular weight is 393 g/mol. The van der Waals surface area contributed by atoms with Gasteiger partial charge in [-0.15, -0.1) is 10.2 Å². The monoisotopic (exact) mass is 393 g/mol. The highest BCUT2D eigenvalue weighted by Gasteiger charge is 2.30. The number of rotatable bonds is 4. The van der Waals surface area contributed by atoms with E-state index in [0.29, 0.717) is 23.9 Å². The zero-order chi connectivity index (χ0) is 18.3. The van der Waals surface area contributed by atoms with Gasteiger partial charge in [0.2, 0.25) is 15.0 Å². The third kappa shape index (κ3) is 3.08. The molecule has 1 aromatic carbocycles. The number of aromatic nitrogens is 4. The number of fused-ring (bicyclic) bond motifs is 1. The van der Waals surface area contributed by atoms with Crippen molar-refractivity contribution < 1.29 is 13.2 Å². The molecule has 1 aliphatic heterocycles. The van der Waals surface area contributed by atoms with Gasteiger partial charge in [0.05, 0.1) is 18.9 Å². The molecule has 3 aromatic rings. The lowest BCUT2D eigenvalue weighted by Gasteiger charge is -2.29. The van der Waals surface area contributed by atoms with Crippen molar-refractivity contribution in [2.75, 3.05) is 26.5 Å². The summed E-state index contributed by atoms with van der Waals surface area (Å²) in [5, 5.41) is 14.0. The molecule has 0 spiro atoms. The van der Waals surface area contributed by atoms with Crippen LogP contribution in [0.1, 0.15) is 24.6 Å². The van der Waals surface area contributed by atoms with E-state index in [-0.39, 0.29) is 5.92 Å². The van der Waals surface area contributed by atoms with Crippen LogP contribution in [0.4, 0.5) is 0 Å². The topological polar surface area (TPSA) is 89.7 Å². The van der Waals surface area contributed by atoms with Crippen molar-refractivity contribution in [2.45, 2.75) is 18.8 Å². The van der Waals surface area contributed by atoms with Crippen molar-refractivity contribution in [2.24, 2.45) is 0 Å². The van der Waals surface area contributed by atoms with Crippen LogP contribution in [-0.2, 0) is 10.0 Å². The van der Waals surface area contributed by atoms with Crippen LogP contribution in [0, 0.1) is 0 Å². The second-order valence-electron chi connectivity index (χ2n) is 6.32. The number of methoxy groups -OCH3 is 1. The normalized spacial score (nSPS) is 19.1. The molecule has 1 saturated heterocycles. The van der Waals surface area contributed by atoms with E-state index in [9.17, 15) is 8.42 Å². The van der Waals surface area contributed by atoms with Crippen LogP contribution in [0.25, 0.3) is 15.5 Å². The molecule has 1 fully saturated rings. The first-order valence-electron chi connectivity index (χ1n) is 8.28. The van der Waals surface area contributed by atoms with E-state index < -0.39 is 10.0 Å². The van der Waals surface area contributed by atoms with Crippen molar-refractivity contribution >= 4 is 26.3 Å². The molecule has 2 aromatic heterocycles. The van der Waals surface area contributed by atoms with E-state index in [2.05, 4.69) is 15.3 Å². The molecule has 3 heterocycles. The molecule has 1 unspecified atom stereocenters. The summed E-state index contributed by atoms with van der Waals surface area (Å²) in [7, 11) is -1.58. The van der Waals surface area contributed by atoms with Gasteiger partial charge >= 0.3 is 0 Å². The molecule has 0 N–H and O–H groups in total. The van der Waals surface area contributed by atoms with E-state index in [0.717, 1.165) is 29.2 Å². The summed E-state index contributed by atoms with van der Waals surface area (Å²) in [4.78, 5) is 0.692. The molecule has 0 saturated carbocycles. The second kappa shape index (κ2) is 6.60. The predicted molar refractivity (Wildman–Crippen MR) is 99.0 cm³/mol. The minimum atomic E-state index is -3.21. The van der Waals surface area contributed by atoms with Gasteiger partial charge in [0.1, 0.15) is 5.75 Å². The highest BCUT2D eigenvalue weighted by atomic mass is 32.2. The van der Waals surface area contributed by atoms with Crippen LogP contribution in [0.5, 0.6) is 5.75 Å². The van der Waals surface area contributed by atoms with Crippen LogP contribution < -0.4 is 4.74 Å². The molecule has 0 radical (unpaired) electrons. The maximum Gasteiger partial charge on any atom is 0.234 e. The van der Waals surface area contributed by atoms with Gasteiger partial charge in [-0.25, -0.2) is 12.7 Å². The van der Waals surface area contributed by atoms with Crippen molar-refractivity contribution in [3.63, 3.8) is 0 Å². The SMILES string of the molecule is COc1ccccc1-c1nn2c(C3CCCN(S(C)(=O)=O)C3)nnc2s1. The van der Waals surface area contributed by atoms with Gasteiger partial charge in [-0.05, 0) is 25.0 Å². The van der Waals surface area contributed by atoms with Crippen molar-refractivity contribution in [1.82, 2.24) is 24.1 Å². The lowest BCUT2D eigenvalue weighted by Crippen LogP contribution is -2.38. The molecule has 0 aliphatic carbocycles. The molecular formula is C16H19N5O3S2. The number of ether oxygens (including phenoxy) is 1. The average Bonchev–Trinajstić information content (AvgIpc) is 3.21. The Hall–Kier alpha value is -2.04. The standard InChI is InChI=1S/C16H19N5O3S2/c1-24-13-8-4-3-7-12(13)15-19-21-14(17-18-16(21)25-15)11-6-5-9-20(10-11)26(2,22)23/h3-4,7-8,11H,5-6,9-10H2,1-2H3. The van der Waals surface area contributed by atoms with Gasteiger partial charge in [0.25, 0.3) is 0 Å². The molecule has 10 heteroatoms. The number of nitrogens with zero attached hydrogens (tertiary/aromatic N) is 5. The third-order valence-corrected chi connectivity index (χ3v) is 6.77. The van der Waals surface area contributed by atoms with Gasteiger partial charge in [-0.3, -0.25) is 0 Å². The Balaban J connectivity index is 1.71. The van der Waals surface area contributed by atoms with E-state index in [4.69, 9.17) is 4.74 Å². The maximum atomic E-state index is 11.9. The van der Waals surface area contributed by atoms with Crippen LogP contribution >= 0.6 is 11.3 Å². The van der Waals surface area contributed by atoms with E-state index in [1.807, 2.05) is 24.3 Å². The first-order valence-corrected chi connectivity index (χ1v) is 10.9. The van der Waals surface area contributed by atoms with Crippen LogP contribution in [0.2, 0.25) is 0 Å². The lowest BCUT2D eigenvalue weighted by molar-refractivity contribution is 0.309. The first-order chi connectivity index (χ1) is 12.5. The number of piperidine rings is 1. The summed E-state index contributed by atoms with van der Waals surface area (Å²) in [6, 6.07) is 7.70. The van der Waals surface area contributed by atoms with E-state index in [1.165, 1.54) is 21.9 Å². The van der Waals surface area contributed by atoms with Gasteiger partial charge in [-0.2, -0.15) is 9.61 Å². The van der Waals surface area contributed by atoms with Crippen molar-refractivity contribution in [3.8, 4) is 16.3 Å². The molecular weight excluding hydrogens is 374 g/mol. The van der Waals surface area contributed by atoms with Gasteiger partial charge < -0.3 is 4.74 Å². The van der Waals surface area contributed by atoms with Crippen molar-refractivity contribution in [3.05, 3.63) is 30.1 Å². The fourth-order valence-electron chi connectivity index (χ4n) is 3.27. The number of hydrogen-bond acceptors (Lipinski definition) is 7. The molecule has 138 valence electrons. The molecule has 1 atom stereocenters. The Labute approximate surface area is 155 Å². The Morgan fingerprint density at radius 1 is 1.27 bits per heavy atom. The van der Waals surface area contributed by atoms with E-state index in [1.54, 1.807) is 11.6 Å². The fraction of sp³-hybridized carbons (Fsp3) is 0.438. The Bertz CT molecular complexity index is 1040.